The highest BCUT2D eigenvalue weighted by Crippen LogP contribution is 2.21. The van der Waals surface area contributed by atoms with Gasteiger partial charge in [0.2, 0.25) is 41.4 Å². The van der Waals surface area contributed by atoms with Crippen molar-refractivity contribution in [2.24, 2.45) is 45.1 Å². The maximum atomic E-state index is 14.0. The van der Waals surface area contributed by atoms with Crippen LogP contribution in [0.1, 0.15) is 96.8 Å². The number of guanidine groups is 1. The number of unbranched alkanes of at least 4 members (excludes halogenated alkanes) is 2. The Kier molecular flexibility index (Phi) is 30.3. The average molecular weight is 994 g/mol. The van der Waals surface area contributed by atoms with Gasteiger partial charge in [-0.1, -0.05) is 18.6 Å². The smallest absolute Gasteiger partial charge is 0.331 e. The first kappa shape index (κ1) is 62.0. The number of amides is 7. The van der Waals surface area contributed by atoms with Crippen LogP contribution in [0.4, 0.5) is 0 Å². The van der Waals surface area contributed by atoms with E-state index in [1.54, 1.807) is 0 Å². The van der Waals surface area contributed by atoms with E-state index in [1.165, 1.54) is 24.0 Å². The number of carboxylic acids is 1. The van der Waals surface area contributed by atoms with Crippen LogP contribution in [0, 0.1) is 0 Å². The number of nitrogens with zero attached hydrogens (tertiary/aromatic N) is 2. The molecule has 8 atom stereocenters. The van der Waals surface area contributed by atoms with Gasteiger partial charge in [-0.2, -0.15) is 0 Å². The first-order valence-corrected chi connectivity index (χ1v) is 23.7. The molecule has 0 unspecified atom stereocenters. The summed E-state index contributed by atoms with van der Waals surface area (Å²) in [5, 5.41) is 35.1. The molecule has 1 aliphatic heterocycles. The Labute approximate surface area is 408 Å². The van der Waals surface area contributed by atoms with Gasteiger partial charge in [0.15, 0.2) is 11.7 Å². The minimum Gasteiger partial charge on any atom is -0.478 e. The van der Waals surface area contributed by atoms with Gasteiger partial charge in [-0.05, 0) is 104 Å². The van der Waals surface area contributed by atoms with Crippen LogP contribution in [0.2, 0.25) is 0 Å². The summed E-state index contributed by atoms with van der Waals surface area (Å²) in [6, 6.07) is -8.30. The number of nitrogens with two attached hydrogens (primary N) is 7. The van der Waals surface area contributed by atoms with Gasteiger partial charge in [-0.15, -0.1) is 6.58 Å². The van der Waals surface area contributed by atoms with Crippen LogP contribution in [-0.2, 0) is 43.2 Å². The Hall–Kier alpha value is -6.06. The molecule has 0 spiro atoms. The highest BCUT2D eigenvalue weighted by atomic mass is 16.4. The third kappa shape index (κ3) is 23.0. The summed E-state index contributed by atoms with van der Waals surface area (Å²) < 4.78 is 0. The largest absolute Gasteiger partial charge is 0.478 e. The van der Waals surface area contributed by atoms with Gasteiger partial charge >= 0.3 is 5.97 Å². The van der Waals surface area contributed by atoms with Crippen molar-refractivity contribution in [3.63, 3.8) is 0 Å². The van der Waals surface area contributed by atoms with Gasteiger partial charge in [0.05, 0.1) is 24.7 Å². The van der Waals surface area contributed by atoms with E-state index in [-0.39, 0.29) is 82.5 Å². The molecule has 396 valence electrons. The lowest BCUT2D eigenvalue weighted by atomic mass is 9.98. The van der Waals surface area contributed by atoms with Gasteiger partial charge in [0.1, 0.15) is 30.2 Å². The zero-order valence-electron chi connectivity index (χ0n) is 40.3. The fourth-order valence-electron chi connectivity index (χ4n) is 7.30. The second kappa shape index (κ2) is 34.3. The van der Waals surface area contributed by atoms with Crippen molar-refractivity contribution >= 4 is 59.1 Å². The number of hydrogen-bond donors (Lipinski definition) is 15. The van der Waals surface area contributed by atoms with Gasteiger partial charge < -0.3 is 87.1 Å². The first-order chi connectivity index (χ1) is 33.3. The van der Waals surface area contributed by atoms with E-state index in [1.807, 2.05) is 0 Å². The van der Waals surface area contributed by atoms with Crippen LogP contribution in [0.25, 0.3) is 0 Å². The molecule has 0 aromatic heterocycles. The summed E-state index contributed by atoms with van der Waals surface area (Å²) in [6.07, 6.45) is 4.78. The van der Waals surface area contributed by atoms with Crippen molar-refractivity contribution in [2.75, 3.05) is 45.8 Å². The molecule has 1 heterocycles. The second-order valence-corrected chi connectivity index (χ2v) is 16.9. The van der Waals surface area contributed by atoms with Crippen molar-refractivity contribution in [2.45, 2.75) is 145 Å². The topological polar surface area (TPSA) is 464 Å². The van der Waals surface area contributed by atoms with Crippen molar-refractivity contribution in [3.05, 3.63) is 24.3 Å². The number of nitrogens with one attached hydrogen (secondary N) is 6. The molecule has 1 fully saturated rings. The summed E-state index contributed by atoms with van der Waals surface area (Å²) >= 11 is 0. The van der Waals surface area contributed by atoms with E-state index in [0.29, 0.717) is 51.6 Å². The molecule has 26 nitrogen and oxygen atoms in total. The number of aliphatic carboxylic acids is 1. The number of aliphatic hydroxyl groups excluding tert-OH is 1. The number of carbonyl (C=O) groups excluding carboxylic acids is 8. The Balaban J connectivity index is 3.05. The molecule has 0 bridgehead atoms. The van der Waals surface area contributed by atoms with Crippen LogP contribution in [-0.4, -0.2) is 168 Å². The number of carbonyl (C=O) groups is 9. The quantitative estimate of drug-likeness (QED) is 0.00917. The first-order valence-electron chi connectivity index (χ1n) is 23.7. The van der Waals surface area contributed by atoms with Crippen LogP contribution < -0.4 is 72.0 Å². The number of aliphatic imine (C=N–C) groups is 1. The van der Waals surface area contributed by atoms with Crippen LogP contribution >= 0.6 is 0 Å². The lowest BCUT2D eigenvalue weighted by Crippen LogP contribution is -2.60. The summed E-state index contributed by atoms with van der Waals surface area (Å²) in [6.45, 7) is 5.12. The predicted octanol–water partition coefficient (Wildman–Crippen LogP) is -5.22. The number of aliphatic hydroxyl groups is 1. The molecule has 26 heteroatoms. The average Bonchev–Trinajstić information content (AvgIpc) is 3.82. The molecule has 0 aromatic carbocycles. The van der Waals surface area contributed by atoms with Crippen molar-refractivity contribution in [1.29, 1.82) is 0 Å². The standard InChI is InChI=1S/C44H79N15O11/c1-3-11-30(39(65)56-29(14-5-7-20-46)33(60)18-17-27(43(69)70)12-9-22-52-44(50)51)57-40(66)32-16-10-23-59(32)42(68)31(15-8-21-47)55-35(62)25-53-37(63)26(2)54-41(67)36(34(61)24-48)58-38(64)28(49)13-4-6-19-45/h3,12,26,28-32,34,36,61H,1,4-11,13-25,45-49H2,2H3,(H,53,63)(H,54,67)(H,55,62)(H,56,65)(H,57,66)(H,58,64)(H,69,70)(H4,50,51,52)/b27-12+/t26-,28-,29-,30-,31+,32-,34-,36-/m0/s1. The molecular weight excluding hydrogens is 915 g/mol. The van der Waals surface area contributed by atoms with Crippen LogP contribution in [0.15, 0.2) is 29.3 Å². The van der Waals surface area contributed by atoms with E-state index >= 15 is 0 Å². The molecule has 22 N–H and O–H groups in total. The maximum Gasteiger partial charge on any atom is 0.331 e. The van der Waals surface area contributed by atoms with Crippen molar-refractivity contribution < 1.29 is 53.4 Å². The Morgan fingerprint density at radius 2 is 1.41 bits per heavy atom. The highest BCUT2D eigenvalue weighted by Gasteiger charge is 2.39. The molecule has 0 aliphatic carbocycles. The predicted molar refractivity (Wildman–Crippen MR) is 260 cm³/mol. The number of ketones is 1. The molecular formula is C44H79N15O11. The van der Waals surface area contributed by atoms with Gasteiger partial charge in [-0.3, -0.25) is 43.3 Å². The second-order valence-electron chi connectivity index (χ2n) is 16.9. The third-order valence-electron chi connectivity index (χ3n) is 11.3. The number of likely N-dealkylation sites (tertiary alicyclic amines) is 1. The van der Waals surface area contributed by atoms with Crippen molar-refractivity contribution in [3.8, 4) is 0 Å². The van der Waals surface area contributed by atoms with E-state index in [4.69, 9.17) is 40.1 Å². The lowest BCUT2D eigenvalue weighted by molar-refractivity contribution is -0.142. The zero-order valence-corrected chi connectivity index (χ0v) is 40.3. The number of hydrogen-bond acceptors (Lipinski definition) is 16. The summed E-state index contributed by atoms with van der Waals surface area (Å²) in [7, 11) is 0. The summed E-state index contributed by atoms with van der Waals surface area (Å²) in [4.78, 5) is 124. The monoisotopic (exact) mass is 994 g/mol. The lowest BCUT2D eigenvalue weighted by Gasteiger charge is -2.30. The van der Waals surface area contributed by atoms with Crippen molar-refractivity contribution in [1.82, 2.24) is 36.8 Å². The Bertz CT molecular complexity index is 1810. The SMILES string of the molecule is C=CC[C@H](NC(=O)[C@@H]1CCCN1C(=O)[C@@H](CCCN)NC(=O)CNC(=O)[C@H](C)NC(=O)[C@@H](NC(=O)[C@@H](N)CCCCN)[C@@H](O)CN)C(=O)N[C@@H](CCCCN)C(=O)CC/C(=C\CCN=C(N)N)C(=O)O. The van der Waals surface area contributed by atoms with E-state index in [9.17, 15) is 53.4 Å². The van der Waals surface area contributed by atoms with E-state index < -0.39 is 115 Å². The van der Waals surface area contributed by atoms with E-state index in [2.05, 4.69) is 43.5 Å². The number of rotatable bonds is 36. The minimum absolute atomic E-state index is 0.0279. The molecule has 0 radical (unpaired) electrons. The number of carboxylic acid groups (broad SMARTS) is 1. The van der Waals surface area contributed by atoms with Gasteiger partial charge in [0.25, 0.3) is 0 Å². The minimum atomic E-state index is -1.55. The summed E-state index contributed by atoms with van der Waals surface area (Å²) in [5.41, 5.74) is 39.0. The molecule has 1 rings (SSSR count). The summed E-state index contributed by atoms with van der Waals surface area (Å²) in [5.74, 6) is -7.07. The third-order valence-corrected chi connectivity index (χ3v) is 11.3. The molecule has 0 saturated carbocycles. The maximum absolute atomic E-state index is 14.0. The normalized spacial score (nSPS) is 16.5. The van der Waals surface area contributed by atoms with Crippen LogP contribution in [0.5, 0.6) is 0 Å². The van der Waals surface area contributed by atoms with E-state index in [0.717, 1.165) is 0 Å². The molecule has 1 aliphatic rings. The molecule has 70 heavy (non-hydrogen) atoms. The Morgan fingerprint density at radius 1 is 0.771 bits per heavy atom. The fraction of sp³-hybridized carbons (Fsp3) is 0.682. The van der Waals surface area contributed by atoms with Gasteiger partial charge in [0, 0.05) is 31.6 Å². The Morgan fingerprint density at radius 3 is 2.01 bits per heavy atom. The zero-order chi connectivity index (χ0) is 52.8. The van der Waals surface area contributed by atoms with Gasteiger partial charge in [-0.25, -0.2) is 4.79 Å². The number of Topliss-reactive ketones (excluding diaryl/α,β-unsaturated/α-hetero) is 1. The van der Waals surface area contributed by atoms with Crippen LogP contribution in [0.3, 0.4) is 0 Å². The molecule has 7 amide bonds. The molecule has 0 aromatic rings. The molecule has 1 saturated heterocycles. The highest BCUT2D eigenvalue weighted by molar-refractivity contribution is 5.98. The fourth-order valence-corrected chi connectivity index (χ4v) is 7.30.